The zero-order valence-corrected chi connectivity index (χ0v) is 11.9. The van der Waals surface area contributed by atoms with Crippen LogP contribution in [0.4, 0.5) is 0 Å². The number of halogens is 1. The van der Waals surface area contributed by atoms with Crippen LogP contribution in [0.1, 0.15) is 36.0 Å². The third-order valence-electron chi connectivity index (χ3n) is 2.44. The Labute approximate surface area is 110 Å². The molecule has 0 spiro atoms. The third kappa shape index (κ3) is 4.30. The number of unbranched alkanes of at least 4 members (excludes halogenated alkanes) is 2. The summed E-state index contributed by atoms with van der Waals surface area (Å²) < 4.78 is 0. The van der Waals surface area contributed by atoms with Crippen LogP contribution in [0.25, 0.3) is 0 Å². The largest absolute Gasteiger partial charge is 0.294 e. The van der Waals surface area contributed by atoms with Crippen molar-refractivity contribution >= 4 is 33.5 Å². The number of ketones is 1. The summed E-state index contributed by atoms with van der Waals surface area (Å²) in [6, 6.07) is 7.86. The van der Waals surface area contributed by atoms with Crippen molar-refractivity contribution < 1.29 is 4.79 Å². The molecule has 1 aromatic carbocycles. The van der Waals surface area contributed by atoms with E-state index in [1.807, 2.05) is 30.5 Å². The van der Waals surface area contributed by atoms with Crippen LogP contribution < -0.4 is 0 Å². The SMILES string of the molecule is CSc1ccccc1C(=O)CCCCCBr. The summed E-state index contributed by atoms with van der Waals surface area (Å²) >= 11 is 5.04. The van der Waals surface area contributed by atoms with E-state index in [2.05, 4.69) is 15.9 Å². The Bertz CT molecular complexity index is 338. The predicted molar refractivity (Wildman–Crippen MR) is 74.8 cm³/mol. The number of alkyl halides is 1. The number of benzene rings is 1. The molecule has 1 rings (SSSR count). The second-order valence-electron chi connectivity index (χ2n) is 3.62. The minimum atomic E-state index is 0.277. The molecule has 0 bridgehead atoms. The molecule has 0 aromatic heterocycles. The van der Waals surface area contributed by atoms with E-state index in [4.69, 9.17) is 0 Å². The van der Waals surface area contributed by atoms with E-state index in [9.17, 15) is 4.79 Å². The van der Waals surface area contributed by atoms with Gasteiger partial charge in [-0.15, -0.1) is 11.8 Å². The van der Waals surface area contributed by atoms with E-state index in [-0.39, 0.29) is 5.78 Å². The highest BCUT2D eigenvalue weighted by Gasteiger charge is 2.09. The van der Waals surface area contributed by atoms with Crippen LogP contribution in [0, 0.1) is 0 Å². The molecule has 0 radical (unpaired) electrons. The predicted octanol–water partition coefficient (Wildman–Crippen LogP) is 4.55. The second kappa shape index (κ2) is 7.91. The fourth-order valence-corrected chi connectivity index (χ4v) is 2.58. The first-order valence-corrected chi connectivity index (χ1v) is 7.86. The minimum Gasteiger partial charge on any atom is -0.294 e. The van der Waals surface area contributed by atoms with Crippen LogP contribution in [-0.2, 0) is 0 Å². The molecule has 0 atom stereocenters. The highest BCUT2D eigenvalue weighted by atomic mass is 79.9. The quantitative estimate of drug-likeness (QED) is 0.318. The van der Waals surface area contributed by atoms with Gasteiger partial charge in [0.1, 0.15) is 0 Å². The summed E-state index contributed by atoms with van der Waals surface area (Å²) in [4.78, 5) is 13.1. The Balaban J connectivity index is 2.52. The molecule has 0 aliphatic heterocycles. The lowest BCUT2D eigenvalue weighted by molar-refractivity contribution is 0.0976. The zero-order chi connectivity index (χ0) is 11.8. The maximum Gasteiger partial charge on any atom is 0.163 e. The third-order valence-corrected chi connectivity index (χ3v) is 3.80. The Morgan fingerprint density at radius 1 is 1.25 bits per heavy atom. The Hall–Kier alpha value is -0.280. The lowest BCUT2D eigenvalue weighted by atomic mass is 10.1. The summed E-state index contributed by atoms with van der Waals surface area (Å²) in [6.07, 6.45) is 5.95. The van der Waals surface area contributed by atoms with E-state index in [0.29, 0.717) is 6.42 Å². The van der Waals surface area contributed by atoms with Gasteiger partial charge in [0, 0.05) is 22.2 Å². The molecule has 0 saturated heterocycles. The van der Waals surface area contributed by atoms with Crippen LogP contribution >= 0.6 is 27.7 Å². The highest BCUT2D eigenvalue weighted by Crippen LogP contribution is 2.21. The van der Waals surface area contributed by atoms with Gasteiger partial charge in [0.05, 0.1) is 0 Å². The standard InChI is InChI=1S/C13H17BrOS/c1-16-13-9-5-4-7-11(13)12(15)8-3-2-6-10-14/h4-5,7,9H,2-3,6,8,10H2,1H3. The van der Waals surface area contributed by atoms with Crippen molar-refractivity contribution in [2.45, 2.75) is 30.6 Å². The Morgan fingerprint density at radius 2 is 2.00 bits per heavy atom. The first-order chi connectivity index (χ1) is 7.79. The van der Waals surface area contributed by atoms with Crippen molar-refractivity contribution in [1.29, 1.82) is 0 Å². The van der Waals surface area contributed by atoms with E-state index < -0.39 is 0 Å². The van der Waals surface area contributed by atoms with Gasteiger partial charge in [-0.3, -0.25) is 4.79 Å². The molecule has 0 amide bonds. The number of thioether (sulfide) groups is 1. The van der Waals surface area contributed by atoms with Crippen LogP contribution in [0.15, 0.2) is 29.2 Å². The van der Waals surface area contributed by atoms with Gasteiger partial charge in [-0.1, -0.05) is 40.5 Å². The number of rotatable bonds is 7. The van der Waals surface area contributed by atoms with Crippen LogP contribution in [-0.4, -0.2) is 17.4 Å². The van der Waals surface area contributed by atoms with Crippen molar-refractivity contribution in [3.8, 4) is 0 Å². The second-order valence-corrected chi connectivity index (χ2v) is 5.26. The lowest BCUT2D eigenvalue weighted by Crippen LogP contribution is -2.00. The van der Waals surface area contributed by atoms with Crippen molar-refractivity contribution in [3.05, 3.63) is 29.8 Å². The molecule has 0 heterocycles. The molecule has 0 aliphatic carbocycles. The molecule has 1 aromatic rings. The molecular weight excluding hydrogens is 284 g/mol. The molecule has 1 nitrogen and oxygen atoms in total. The van der Waals surface area contributed by atoms with E-state index in [1.165, 1.54) is 0 Å². The summed E-state index contributed by atoms with van der Waals surface area (Å²) in [5.74, 6) is 0.277. The zero-order valence-electron chi connectivity index (χ0n) is 9.54. The average Bonchev–Trinajstić information content (AvgIpc) is 2.34. The van der Waals surface area contributed by atoms with Crippen molar-refractivity contribution in [2.75, 3.05) is 11.6 Å². The molecule has 0 fully saturated rings. The minimum absolute atomic E-state index is 0.277. The molecule has 0 N–H and O–H groups in total. The molecule has 16 heavy (non-hydrogen) atoms. The van der Waals surface area contributed by atoms with Gasteiger partial charge in [-0.05, 0) is 25.2 Å². The maximum atomic E-state index is 12.0. The molecule has 88 valence electrons. The highest BCUT2D eigenvalue weighted by molar-refractivity contribution is 9.09. The summed E-state index contributed by atoms with van der Waals surface area (Å²) in [6.45, 7) is 0. The molecule has 0 saturated carbocycles. The Kier molecular flexibility index (Phi) is 6.81. The molecule has 3 heteroatoms. The van der Waals surface area contributed by atoms with Gasteiger partial charge in [0.25, 0.3) is 0 Å². The van der Waals surface area contributed by atoms with Crippen molar-refractivity contribution in [2.24, 2.45) is 0 Å². The van der Waals surface area contributed by atoms with Crippen LogP contribution in [0.3, 0.4) is 0 Å². The summed E-state index contributed by atoms with van der Waals surface area (Å²) in [5, 5.41) is 1.03. The number of carbonyl (C=O) groups is 1. The van der Waals surface area contributed by atoms with Crippen molar-refractivity contribution in [3.63, 3.8) is 0 Å². The molecule has 0 unspecified atom stereocenters. The molecule has 0 aliphatic rings. The average molecular weight is 301 g/mol. The monoisotopic (exact) mass is 300 g/mol. The normalized spacial score (nSPS) is 10.4. The van der Waals surface area contributed by atoms with Crippen molar-refractivity contribution in [1.82, 2.24) is 0 Å². The smallest absolute Gasteiger partial charge is 0.163 e. The molecular formula is C13H17BrOS. The fraction of sp³-hybridized carbons (Fsp3) is 0.462. The van der Waals surface area contributed by atoms with Crippen LogP contribution in [0.5, 0.6) is 0 Å². The number of hydrogen-bond acceptors (Lipinski definition) is 2. The summed E-state index contributed by atoms with van der Waals surface area (Å²) in [5.41, 5.74) is 0.883. The number of carbonyl (C=O) groups excluding carboxylic acids is 1. The summed E-state index contributed by atoms with van der Waals surface area (Å²) in [7, 11) is 0. The lowest BCUT2D eigenvalue weighted by Gasteiger charge is -2.05. The van der Waals surface area contributed by atoms with Crippen LogP contribution in [0.2, 0.25) is 0 Å². The number of hydrogen-bond donors (Lipinski definition) is 0. The van der Waals surface area contributed by atoms with Gasteiger partial charge < -0.3 is 0 Å². The first-order valence-electron chi connectivity index (χ1n) is 5.51. The van der Waals surface area contributed by atoms with E-state index in [0.717, 1.165) is 35.1 Å². The fourth-order valence-electron chi connectivity index (χ4n) is 1.57. The van der Waals surface area contributed by atoms with Gasteiger partial charge >= 0.3 is 0 Å². The Morgan fingerprint density at radius 3 is 2.69 bits per heavy atom. The topological polar surface area (TPSA) is 17.1 Å². The van der Waals surface area contributed by atoms with Gasteiger partial charge in [-0.25, -0.2) is 0 Å². The number of Topliss-reactive ketones (excluding diaryl/α,β-unsaturated/α-hetero) is 1. The van der Waals surface area contributed by atoms with E-state index >= 15 is 0 Å². The maximum absolute atomic E-state index is 12.0. The van der Waals surface area contributed by atoms with Gasteiger partial charge in [0.2, 0.25) is 0 Å². The van der Waals surface area contributed by atoms with Gasteiger partial charge in [-0.2, -0.15) is 0 Å². The van der Waals surface area contributed by atoms with E-state index in [1.54, 1.807) is 11.8 Å². The first kappa shape index (κ1) is 13.8. The van der Waals surface area contributed by atoms with Gasteiger partial charge in [0.15, 0.2) is 5.78 Å².